The molecule has 2 aromatic rings. The van der Waals surface area contributed by atoms with Gasteiger partial charge in [0, 0.05) is 18.5 Å². The quantitative estimate of drug-likeness (QED) is 0.851. The topological polar surface area (TPSA) is 42.7 Å². The number of furan rings is 1. The van der Waals surface area contributed by atoms with E-state index < -0.39 is 0 Å². The van der Waals surface area contributed by atoms with Crippen LogP contribution < -0.4 is 0 Å². The number of carbonyl (C=O) groups excluding carboxylic acids is 1. The van der Waals surface area contributed by atoms with Gasteiger partial charge in [0.15, 0.2) is 0 Å². The van der Waals surface area contributed by atoms with Gasteiger partial charge in [-0.1, -0.05) is 18.2 Å². The molecule has 1 atom stereocenters. The molecule has 1 unspecified atom stereocenters. The molecule has 4 nitrogen and oxygen atoms in total. The fourth-order valence-electron chi connectivity index (χ4n) is 2.63. The van der Waals surface area contributed by atoms with Crippen molar-refractivity contribution in [2.45, 2.75) is 19.4 Å². The minimum atomic E-state index is 0.0305. The first-order valence-electron chi connectivity index (χ1n) is 6.66. The number of nitrogens with zero attached hydrogens (tertiary/aromatic N) is 1. The molecular weight excluding hydrogens is 242 g/mol. The third-order valence-electron chi connectivity index (χ3n) is 3.66. The summed E-state index contributed by atoms with van der Waals surface area (Å²) in [7, 11) is 0. The Bertz CT molecular complexity index is 584. The number of likely N-dealkylation sites (N-methyl/N-ethyl adjacent to an activating group) is 1. The number of rotatable bonds is 3. The molecule has 4 heteroatoms. The summed E-state index contributed by atoms with van der Waals surface area (Å²) in [6.07, 6.45) is 2.47. The van der Waals surface area contributed by atoms with Gasteiger partial charge in [-0.05, 0) is 19.4 Å². The number of amides is 1. The van der Waals surface area contributed by atoms with Gasteiger partial charge in [-0.3, -0.25) is 4.79 Å². The standard InChI is InChI=1S/C15H17NO3/c1-2-16(11-7-8-18-9-11)15(17)13-10-19-14-6-4-3-5-12(13)14/h3-6,10-11H,2,7-9H2,1H3. The monoisotopic (exact) mass is 259 g/mol. The first-order chi connectivity index (χ1) is 9.31. The molecule has 1 aromatic carbocycles. The Balaban J connectivity index is 1.93. The fourth-order valence-corrected chi connectivity index (χ4v) is 2.63. The van der Waals surface area contributed by atoms with Crippen LogP contribution in [-0.2, 0) is 4.74 Å². The van der Waals surface area contributed by atoms with Crippen LogP contribution in [-0.4, -0.2) is 36.6 Å². The molecule has 1 aliphatic rings. The summed E-state index contributed by atoms with van der Waals surface area (Å²) >= 11 is 0. The molecule has 0 aliphatic carbocycles. The summed E-state index contributed by atoms with van der Waals surface area (Å²) in [6.45, 7) is 4.06. The van der Waals surface area contributed by atoms with Crippen molar-refractivity contribution in [1.82, 2.24) is 4.90 Å². The molecule has 19 heavy (non-hydrogen) atoms. The van der Waals surface area contributed by atoms with Crippen LogP contribution in [0.3, 0.4) is 0 Å². The molecule has 0 N–H and O–H groups in total. The van der Waals surface area contributed by atoms with Crippen molar-refractivity contribution in [2.24, 2.45) is 0 Å². The Labute approximate surface area is 111 Å². The predicted molar refractivity (Wildman–Crippen MR) is 72.1 cm³/mol. The van der Waals surface area contributed by atoms with Crippen LogP contribution in [0.5, 0.6) is 0 Å². The highest BCUT2D eigenvalue weighted by molar-refractivity contribution is 6.06. The molecule has 100 valence electrons. The maximum atomic E-state index is 12.6. The van der Waals surface area contributed by atoms with E-state index in [1.54, 1.807) is 6.26 Å². The lowest BCUT2D eigenvalue weighted by atomic mass is 10.1. The first-order valence-corrected chi connectivity index (χ1v) is 6.66. The van der Waals surface area contributed by atoms with E-state index in [-0.39, 0.29) is 11.9 Å². The minimum Gasteiger partial charge on any atom is -0.463 e. The summed E-state index contributed by atoms with van der Waals surface area (Å²) in [5.41, 5.74) is 1.40. The molecule has 0 saturated carbocycles. The average molecular weight is 259 g/mol. The highest BCUT2D eigenvalue weighted by Gasteiger charge is 2.28. The van der Waals surface area contributed by atoms with Crippen molar-refractivity contribution in [3.63, 3.8) is 0 Å². The highest BCUT2D eigenvalue weighted by atomic mass is 16.5. The predicted octanol–water partition coefficient (Wildman–Crippen LogP) is 2.68. The zero-order chi connectivity index (χ0) is 13.2. The third kappa shape index (κ3) is 2.12. The van der Waals surface area contributed by atoms with E-state index in [0.717, 1.165) is 24.0 Å². The van der Waals surface area contributed by atoms with Crippen LogP contribution in [0.1, 0.15) is 23.7 Å². The van der Waals surface area contributed by atoms with E-state index in [9.17, 15) is 4.79 Å². The van der Waals surface area contributed by atoms with Crippen molar-refractivity contribution in [3.8, 4) is 0 Å². The smallest absolute Gasteiger partial charge is 0.258 e. The minimum absolute atomic E-state index is 0.0305. The van der Waals surface area contributed by atoms with E-state index in [4.69, 9.17) is 9.15 Å². The van der Waals surface area contributed by atoms with Crippen molar-refractivity contribution in [3.05, 3.63) is 36.1 Å². The number of fused-ring (bicyclic) bond motifs is 1. The lowest BCUT2D eigenvalue weighted by molar-refractivity contribution is 0.0667. The summed E-state index contributed by atoms with van der Waals surface area (Å²) < 4.78 is 10.8. The molecule has 1 aliphatic heterocycles. The molecule has 3 rings (SSSR count). The first kappa shape index (κ1) is 12.2. The van der Waals surface area contributed by atoms with Crippen LogP contribution >= 0.6 is 0 Å². The molecule has 1 saturated heterocycles. The lowest BCUT2D eigenvalue weighted by Crippen LogP contribution is -2.40. The average Bonchev–Trinajstić information content (AvgIpc) is 3.08. The number of hydrogen-bond acceptors (Lipinski definition) is 3. The number of ether oxygens (including phenoxy) is 1. The number of benzene rings is 1. The van der Waals surface area contributed by atoms with Gasteiger partial charge in [0.05, 0.1) is 18.2 Å². The van der Waals surface area contributed by atoms with Gasteiger partial charge in [-0.25, -0.2) is 0 Å². The SMILES string of the molecule is CCN(C(=O)c1coc2ccccc12)C1CCOC1. The van der Waals surface area contributed by atoms with Gasteiger partial charge in [0.25, 0.3) is 5.91 Å². The molecule has 0 bridgehead atoms. The van der Waals surface area contributed by atoms with E-state index in [1.807, 2.05) is 36.1 Å². The Morgan fingerprint density at radius 2 is 2.26 bits per heavy atom. The fraction of sp³-hybridized carbons (Fsp3) is 0.400. The highest BCUT2D eigenvalue weighted by Crippen LogP contribution is 2.24. The second kappa shape index (κ2) is 5.05. The maximum Gasteiger partial charge on any atom is 0.258 e. The van der Waals surface area contributed by atoms with E-state index >= 15 is 0 Å². The molecule has 1 amide bonds. The van der Waals surface area contributed by atoms with Crippen LogP contribution in [0.4, 0.5) is 0 Å². The lowest BCUT2D eigenvalue weighted by Gasteiger charge is -2.26. The number of carbonyl (C=O) groups is 1. The van der Waals surface area contributed by atoms with Gasteiger partial charge in [0.2, 0.25) is 0 Å². The number of hydrogen-bond donors (Lipinski definition) is 0. The number of para-hydroxylation sites is 1. The van der Waals surface area contributed by atoms with Gasteiger partial charge in [-0.2, -0.15) is 0 Å². The molecule has 1 aromatic heterocycles. The largest absolute Gasteiger partial charge is 0.463 e. The van der Waals surface area contributed by atoms with Crippen LogP contribution in [0.15, 0.2) is 34.9 Å². The van der Waals surface area contributed by atoms with Crippen molar-refractivity contribution >= 4 is 16.9 Å². The Kier molecular flexibility index (Phi) is 3.25. The summed E-state index contributed by atoms with van der Waals surface area (Å²) in [5, 5.41) is 0.880. The Hall–Kier alpha value is -1.81. The second-order valence-electron chi connectivity index (χ2n) is 4.75. The summed E-state index contributed by atoms with van der Waals surface area (Å²) in [6, 6.07) is 7.81. The zero-order valence-corrected chi connectivity index (χ0v) is 11.0. The second-order valence-corrected chi connectivity index (χ2v) is 4.75. The van der Waals surface area contributed by atoms with Gasteiger partial charge in [-0.15, -0.1) is 0 Å². The molecule has 0 spiro atoms. The van der Waals surface area contributed by atoms with Crippen molar-refractivity contribution in [1.29, 1.82) is 0 Å². The third-order valence-corrected chi connectivity index (χ3v) is 3.66. The van der Waals surface area contributed by atoms with E-state index in [1.165, 1.54) is 0 Å². The normalized spacial score (nSPS) is 18.9. The molecule has 0 radical (unpaired) electrons. The van der Waals surface area contributed by atoms with Gasteiger partial charge >= 0.3 is 0 Å². The molecular formula is C15H17NO3. The Morgan fingerprint density at radius 1 is 1.42 bits per heavy atom. The van der Waals surface area contributed by atoms with Crippen molar-refractivity contribution < 1.29 is 13.9 Å². The summed E-state index contributed by atoms with van der Waals surface area (Å²) in [4.78, 5) is 14.5. The van der Waals surface area contributed by atoms with Crippen LogP contribution in [0.25, 0.3) is 11.0 Å². The van der Waals surface area contributed by atoms with Crippen LogP contribution in [0.2, 0.25) is 0 Å². The maximum absolute atomic E-state index is 12.6. The van der Waals surface area contributed by atoms with E-state index in [2.05, 4.69) is 0 Å². The zero-order valence-electron chi connectivity index (χ0n) is 11.0. The Morgan fingerprint density at radius 3 is 3.00 bits per heavy atom. The van der Waals surface area contributed by atoms with Crippen LogP contribution in [0, 0.1) is 0 Å². The van der Waals surface area contributed by atoms with E-state index in [0.29, 0.717) is 18.7 Å². The van der Waals surface area contributed by atoms with Gasteiger partial charge in [0.1, 0.15) is 11.8 Å². The van der Waals surface area contributed by atoms with Gasteiger partial charge < -0.3 is 14.1 Å². The summed E-state index contributed by atoms with van der Waals surface area (Å²) in [5.74, 6) is 0.0305. The van der Waals surface area contributed by atoms with Crippen molar-refractivity contribution in [2.75, 3.05) is 19.8 Å². The molecule has 1 fully saturated rings. The molecule has 2 heterocycles.